The van der Waals surface area contributed by atoms with Gasteiger partial charge in [0.1, 0.15) is 0 Å². The minimum atomic E-state index is 0.835. The first kappa shape index (κ1) is 13.4. The summed E-state index contributed by atoms with van der Waals surface area (Å²) in [5.41, 5.74) is 7.98. The van der Waals surface area contributed by atoms with E-state index in [9.17, 15) is 0 Å². The van der Waals surface area contributed by atoms with E-state index in [2.05, 4.69) is 37.7 Å². The van der Waals surface area contributed by atoms with E-state index in [0.717, 1.165) is 18.0 Å². The van der Waals surface area contributed by atoms with E-state index < -0.39 is 0 Å². The number of nitrogen functional groups attached to an aromatic ring is 1. The Kier molecular flexibility index (Phi) is 6.39. The fourth-order valence-electron chi connectivity index (χ4n) is 1.55. The highest BCUT2D eigenvalue weighted by atomic mass is 32.2. The molecule has 0 bridgehead atoms. The fourth-order valence-corrected chi connectivity index (χ4v) is 2.74. The van der Waals surface area contributed by atoms with E-state index in [1.54, 1.807) is 0 Å². The van der Waals surface area contributed by atoms with Gasteiger partial charge in [-0.3, -0.25) is 0 Å². The molecule has 0 saturated carbocycles. The number of rotatable bonds is 7. The molecule has 0 unspecified atom stereocenters. The lowest BCUT2D eigenvalue weighted by atomic mass is 10.1. The summed E-state index contributed by atoms with van der Waals surface area (Å²) in [5.74, 6) is 3.40. The van der Waals surface area contributed by atoms with Gasteiger partial charge >= 0.3 is 0 Å². The molecule has 0 radical (unpaired) electrons. The SMILES string of the molecule is CC(C)CCSCCCc1cccc(N)c1. The van der Waals surface area contributed by atoms with Gasteiger partial charge in [-0.25, -0.2) is 0 Å². The van der Waals surface area contributed by atoms with Crippen molar-refractivity contribution in [2.24, 2.45) is 5.92 Å². The predicted octanol–water partition coefficient (Wildman–Crippen LogP) is 3.98. The van der Waals surface area contributed by atoms with Crippen molar-refractivity contribution in [2.75, 3.05) is 17.2 Å². The maximum Gasteiger partial charge on any atom is 0.0316 e. The average molecular weight is 237 g/mol. The third-order valence-electron chi connectivity index (χ3n) is 2.54. The zero-order valence-electron chi connectivity index (χ0n) is 10.4. The molecule has 1 aromatic rings. The van der Waals surface area contributed by atoms with Crippen molar-refractivity contribution in [3.05, 3.63) is 29.8 Å². The van der Waals surface area contributed by atoms with E-state index in [1.807, 2.05) is 12.1 Å². The number of benzene rings is 1. The van der Waals surface area contributed by atoms with Gasteiger partial charge in [0.25, 0.3) is 0 Å². The third-order valence-corrected chi connectivity index (χ3v) is 3.65. The summed E-state index contributed by atoms with van der Waals surface area (Å²) in [5, 5.41) is 0. The van der Waals surface area contributed by atoms with Crippen LogP contribution < -0.4 is 5.73 Å². The van der Waals surface area contributed by atoms with Gasteiger partial charge in [0, 0.05) is 5.69 Å². The quantitative estimate of drug-likeness (QED) is 0.573. The Morgan fingerprint density at radius 1 is 1.25 bits per heavy atom. The van der Waals surface area contributed by atoms with Crippen LogP contribution in [0.25, 0.3) is 0 Å². The topological polar surface area (TPSA) is 26.0 Å². The van der Waals surface area contributed by atoms with Crippen molar-refractivity contribution in [3.8, 4) is 0 Å². The Labute approximate surface area is 104 Å². The van der Waals surface area contributed by atoms with Crippen LogP contribution in [0.1, 0.15) is 32.3 Å². The van der Waals surface area contributed by atoms with Crippen LogP contribution in [0.2, 0.25) is 0 Å². The van der Waals surface area contributed by atoms with Gasteiger partial charge in [-0.2, -0.15) is 11.8 Å². The number of hydrogen-bond acceptors (Lipinski definition) is 2. The molecule has 2 N–H and O–H groups in total. The van der Waals surface area contributed by atoms with Gasteiger partial charge in [0.15, 0.2) is 0 Å². The second-order valence-corrected chi connectivity index (χ2v) is 5.87. The van der Waals surface area contributed by atoms with Crippen LogP contribution in [0.4, 0.5) is 5.69 Å². The minimum Gasteiger partial charge on any atom is -0.399 e. The van der Waals surface area contributed by atoms with Crippen molar-refractivity contribution in [1.29, 1.82) is 0 Å². The lowest BCUT2D eigenvalue weighted by Crippen LogP contribution is -1.93. The molecule has 90 valence electrons. The van der Waals surface area contributed by atoms with Crippen LogP contribution >= 0.6 is 11.8 Å². The first-order chi connectivity index (χ1) is 7.68. The average Bonchev–Trinajstić information content (AvgIpc) is 2.23. The Hall–Kier alpha value is -0.630. The standard InChI is InChI=1S/C14H23NS/c1-12(2)8-10-16-9-4-6-13-5-3-7-14(15)11-13/h3,5,7,11-12H,4,6,8-10,15H2,1-2H3. The molecule has 1 nitrogen and oxygen atoms in total. The van der Waals surface area contributed by atoms with E-state index in [0.29, 0.717) is 0 Å². The van der Waals surface area contributed by atoms with Crippen LogP contribution in [-0.4, -0.2) is 11.5 Å². The number of nitrogens with two attached hydrogens (primary N) is 1. The molecule has 16 heavy (non-hydrogen) atoms. The van der Waals surface area contributed by atoms with Gasteiger partial charge in [-0.1, -0.05) is 26.0 Å². The molecule has 0 aliphatic carbocycles. The molecule has 1 aromatic carbocycles. The lowest BCUT2D eigenvalue weighted by molar-refractivity contribution is 0.632. The fraction of sp³-hybridized carbons (Fsp3) is 0.571. The van der Waals surface area contributed by atoms with Crippen LogP contribution in [0.3, 0.4) is 0 Å². The number of thioether (sulfide) groups is 1. The van der Waals surface area contributed by atoms with Crippen molar-refractivity contribution >= 4 is 17.4 Å². The van der Waals surface area contributed by atoms with Crippen LogP contribution in [0.5, 0.6) is 0 Å². The molecule has 0 spiro atoms. The van der Waals surface area contributed by atoms with Crippen LogP contribution in [0.15, 0.2) is 24.3 Å². The highest BCUT2D eigenvalue weighted by Gasteiger charge is 1.96. The summed E-state index contributed by atoms with van der Waals surface area (Å²) >= 11 is 2.07. The van der Waals surface area contributed by atoms with Gasteiger partial charge in [0.05, 0.1) is 0 Å². The molecule has 0 heterocycles. The molecule has 0 aromatic heterocycles. The molecule has 0 amide bonds. The van der Waals surface area contributed by atoms with Crippen molar-refractivity contribution in [3.63, 3.8) is 0 Å². The second-order valence-electron chi connectivity index (χ2n) is 4.64. The number of aryl methyl sites for hydroxylation is 1. The summed E-state index contributed by atoms with van der Waals surface area (Å²) in [6.07, 6.45) is 3.74. The van der Waals surface area contributed by atoms with Crippen molar-refractivity contribution < 1.29 is 0 Å². The van der Waals surface area contributed by atoms with Crippen LogP contribution in [-0.2, 0) is 6.42 Å². The first-order valence-electron chi connectivity index (χ1n) is 6.10. The van der Waals surface area contributed by atoms with Gasteiger partial charge in [-0.15, -0.1) is 0 Å². The van der Waals surface area contributed by atoms with Crippen molar-refractivity contribution in [1.82, 2.24) is 0 Å². The Morgan fingerprint density at radius 2 is 2.06 bits per heavy atom. The summed E-state index contributed by atoms with van der Waals surface area (Å²) < 4.78 is 0. The monoisotopic (exact) mass is 237 g/mol. The third kappa shape index (κ3) is 6.06. The first-order valence-corrected chi connectivity index (χ1v) is 7.26. The van der Waals surface area contributed by atoms with Gasteiger partial charge in [-0.05, 0) is 54.4 Å². The maximum atomic E-state index is 5.74. The van der Waals surface area contributed by atoms with Gasteiger partial charge < -0.3 is 5.73 Å². The molecule has 0 fully saturated rings. The van der Waals surface area contributed by atoms with Crippen molar-refractivity contribution in [2.45, 2.75) is 33.1 Å². The molecule has 0 atom stereocenters. The molecule has 2 heteroatoms. The predicted molar refractivity (Wildman–Crippen MR) is 76.0 cm³/mol. The Morgan fingerprint density at radius 3 is 2.75 bits per heavy atom. The molecule has 0 saturated heterocycles. The molecule has 1 rings (SSSR count). The van der Waals surface area contributed by atoms with E-state index in [-0.39, 0.29) is 0 Å². The van der Waals surface area contributed by atoms with Crippen LogP contribution in [0, 0.1) is 5.92 Å². The highest BCUT2D eigenvalue weighted by molar-refractivity contribution is 7.99. The zero-order valence-corrected chi connectivity index (χ0v) is 11.2. The minimum absolute atomic E-state index is 0.835. The summed E-state index contributed by atoms with van der Waals surface area (Å²) in [4.78, 5) is 0. The summed E-state index contributed by atoms with van der Waals surface area (Å²) in [6.45, 7) is 4.57. The maximum absolute atomic E-state index is 5.74. The lowest BCUT2D eigenvalue weighted by Gasteiger charge is -2.05. The second kappa shape index (κ2) is 7.61. The molecule has 0 aliphatic rings. The van der Waals surface area contributed by atoms with E-state index in [4.69, 9.17) is 5.73 Å². The van der Waals surface area contributed by atoms with Gasteiger partial charge in [0.2, 0.25) is 0 Å². The normalized spacial score (nSPS) is 10.9. The summed E-state index contributed by atoms with van der Waals surface area (Å²) in [7, 11) is 0. The van der Waals surface area contributed by atoms with E-state index in [1.165, 1.54) is 29.9 Å². The smallest absolute Gasteiger partial charge is 0.0316 e. The Balaban J connectivity index is 2.07. The number of hydrogen-bond donors (Lipinski definition) is 1. The number of anilines is 1. The highest BCUT2D eigenvalue weighted by Crippen LogP contribution is 2.13. The zero-order chi connectivity index (χ0) is 11.8. The largest absolute Gasteiger partial charge is 0.399 e. The summed E-state index contributed by atoms with van der Waals surface area (Å²) in [6, 6.07) is 8.23. The Bertz CT molecular complexity index is 297. The molecular formula is C14H23NS. The molecular weight excluding hydrogens is 214 g/mol. The molecule has 0 aliphatic heterocycles. The van der Waals surface area contributed by atoms with E-state index >= 15 is 0 Å².